The standard InChI is InChI=1S/C22H30N4O/c1-4-5-6-18-7-9-20(10-8-18)25-21(27)19-11-13-26(14-12-19)22-23-16(2)15-17(3)24-22/h7-10,15,19H,4-6,11-14H2,1-3H3,(H,25,27). The Hall–Kier alpha value is -2.43. The molecular formula is C22H30N4O. The topological polar surface area (TPSA) is 58.1 Å². The first-order valence-electron chi connectivity index (χ1n) is 10.0. The Labute approximate surface area is 162 Å². The number of aromatic nitrogens is 2. The summed E-state index contributed by atoms with van der Waals surface area (Å²) in [5.74, 6) is 0.957. The van der Waals surface area contributed by atoms with Crippen LogP contribution in [0.25, 0.3) is 0 Å². The van der Waals surface area contributed by atoms with Crippen molar-refractivity contribution in [2.75, 3.05) is 23.3 Å². The molecule has 0 spiro atoms. The molecule has 1 amide bonds. The second-order valence-corrected chi connectivity index (χ2v) is 7.50. The second-order valence-electron chi connectivity index (χ2n) is 7.50. The Morgan fingerprint density at radius 1 is 1.11 bits per heavy atom. The smallest absolute Gasteiger partial charge is 0.227 e. The van der Waals surface area contributed by atoms with Gasteiger partial charge in [-0.05, 0) is 63.3 Å². The summed E-state index contributed by atoms with van der Waals surface area (Å²) < 4.78 is 0. The van der Waals surface area contributed by atoms with E-state index in [-0.39, 0.29) is 11.8 Å². The van der Waals surface area contributed by atoms with Gasteiger partial charge in [-0.1, -0.05) is 25.5 Å². The number of piperidine rings is 1. The average Bonchev–Trinajstić information content (AvgIpc) is 2.67. The van der Waals surface area contributed by atoms with E-state index in [4.69, 9.17) is 0 Å². The Morgan fingerprint density at radius 3 is 2.33 bits per heavy atom. The maximum atomic E-state index is 12.6. The number of anilines is 2. The lowest BCUT2D eigenvalue weighted by Gasteiger charge is -2.31. The number of nitrogens with one attached hydrogen (secondary N) is 1. The molecule has 0 unspecified atom stereocenters. The summed E-state index contributed by atoms with van der Waals surface area (Å²) in [5.41, 5.74) is 4.19. The zero-order valence-electron chi connectivity index (χ0n) is 16.7. The maximum absolute atomic E-state index is 12.6. The van der Waals surface area contributed by atoms with E-state index in [2.05, 4.69) is 39.2 Å². The van der Waals surface area contributed by atoms with E-state index in [9.17, 15) is 4.79 Å². The highest BCUT2D eigenvalue weighted by Gasteiger charge is 2.26. The Bertz CT molecular complexity index is 744. The highest BCUT2D eigenvalue weighted by Crippen LogP contribution is 2.23. The van der Waals surface area contributed by atoms with Crippen LogP contribution < -0.4 is 10.2 Å². The summed E-state index contributed by atoms with van der Waals surface area (Å²) in [6, 6.07) is 10.2. The van der Waals surface area contributed by atoms with E-state index in [1.54, 1.807) is 0 Å². The van der Waals surface area contributed by atoms with Crippen molar-refractivity contribution in [3.63, 3.8) is 0 Å². The summed E-state index contributed by atoms with van der Waals surface area (Å²) in [6.07, 6.45) is 5.16. The van der Waals surface area contributed by atoms with E-state index < -0.39 is 0 Å². The molecule has 2 heterocycles. The lowest BCUT2D eigenvalue weighted by atomic mass is 9.96. The first-order chi connectivity index (χ1) is 13.0. The minimum absolute atomic E-state index is 0.0481. The summed E-state index contributed by atoms with van der Waals surface area (Å²) in [6.45, 7) is 7.82. The molecule has 5 nitrogen and oxygen atoms in total. The molecule has 1 fully saturated rings. The molecule has 5 heteroatoms. The number of nitrogens with zero attached hydrogens (tertiary/aromatic N) is 3. The van der Waals surface area contributed by atoms with Gasteiger partial charge < -0.3 is 10.2 Å². The van der Waals surface area contributed by atoms with Crippen LogP contribution in [0.15, 0.2) is 30.3 Å². The molecule has 27 heavy (non-hydrogen) atoms. The zero-order valence-corrected chi connectivity index (χ0v) is 16.7. The third kappa shape index (κ3) is 5.28. The molecule has 1 aromatic carbocycles. The van der Waals surface area contributed by atoms with Gasteiger partial charge in [-0.15, -0.1) is 0 Å². The van der Waals surface area contributed by atoms with E-state index in [1.807, 2.05) is 32.0 Å². The van der Waals surface area contributed by atoms with E-state index in [0.717, 1.165) is 55.4 Å². The fraction of sp³-hybridized carbons (Fsp3) is 0.500. The molecule has 144 valence electrons. The van der Waals surface area contributed by atoms with Gasteiger partial charge in [-0.2, -0.15) is 0 Å². The van der Waals surface area contributed by atoms with Gasteiger partial charge in [0.05, 0.1) is 0 Å². The fourth-order valence-electron chi connectivity index (χ4n) is 3.57. The summed E-state index contributed by atoms with van der Waals surface area (Å²) in [5, 5.41) is 3.08. The van der Waals surface area contributed by atoms with Gasteiger partial charge >= 0.3 is 0 Å². The molecule has 1 aliphatic heterocycles. The molecule has 1 N–H and O–H groups in total. The number of amides is 1. The largest absolute Gasteiger partial charge is 0.341 e. The van der Waals surface area contributed by atoms with Crippen molar-refractivity contribution in [3.05, 3.63) is 47.3 Å². The molecule has 0 bridgehead atoms. The number of benzene rings is 1. The van der Waals surface area contributed by atoms with E-state index in [0.29, 0.717) is 0 Å². The van der Waals surface area contributed by atoms with Crippen LogP contribution in [0.1, 0.15) is 49.6 Å². The monoisotopic (exact) mass is 366 g/mol. The quantitative estimate of drug-likeness (QED) is 0.828. The van der Waals surface area contributed by atoms with Gasteiger partial charge in [-0.25, -0.2) is 9.97 Å². The van der Waals surface area contributed by atoms with Crippen LogP contribution in [0.2, 0.25) is 0 Å². The molecule has 0 aliphatic carbocycles. The summed E-state index contributed by atoms with van der Waals surface area (Å²) in [4.78, 5) is 23.9. The maximum Gasteiger partial charge on any atom is 0.227 e. The van der Waals surface area contributed by atoms with Gasteiger partial charge in [0, 0.05) is 36.1 Å². The molecule has 0 radical (unpaired) electrons. The minimum Gasteiger partial charge on any atom is -0.341 e. The molecule has 3 rings (SSSR count). The van der Waals surface area contributed by atoms with Crippen molar-refractivity contribution in [1.82, 2.24) is 9.97 Å². The molecule has 1 aliphatic rings. The molecule has 0 atom stereocenters. The van der Waals surface area contributed by atoms with Gasteiger partial charge in [-0.3, -0.25) is 4.79 Å². The SMILES string of the molecule is CCCCc1ccc(NC(=O)C2CCN(c3nc(C)cc(C)n3)CC2)cc1. The Morgan fingerprint density at radius 2 is 1.74 bits per heavy atom. The van der Waals surface area contributed by atoms with Crippen molar-refractivity contribution in [1.29, 1.82) is 0 Å². The van der Waals surface area contributed by atoms with Gasteiger partial charge in [0.25, 0.3) is 0 Å². The van der Waals surface area contributed by atoms with Crippen molar-refractivity contribution >= 4 is 17.5 Å². The molecule has 0 saturated carbocycles. The van der Waals surface area contributed by atoms with Crippen LogP contribution in [-0.2, 0) is 11.2 Å². The highest BCUT2D eigenvalue weighted by molar-refractivity contribution is 5.92. The van der Waals surface area contributed by atoms with Crippen LogP contribution in [0.3, 0.4) is 0 Å². The van der Waals surface area contributed by atoms with Crippen LogP contribution in [0, 0.1) is 19.8 Å². The Balaban J connectivity index is 1.52. The number of carbonyl (C=O) groups is 1. The Kier molecular flexibility index (Phi) is 6.43. The van der Waals surface area contributed by atoms with Crippen LogP contribution in [0.5, 0.6) is 0 Å². The average molecular weight is 367 g/mol. The zero-order chi connectivity index (χ0) is 19.2. The van der Waals surface area contributed by atoms with Crippen LogP contribution in [0.4, 0.5) is 11.6 Å². The lowest BCUT2D eigenvalue weighted by Crippen LogP contribution is -2.39. The van der Waals surface area contributed by atoms with Crippen molar-refractivity contribution in [2.24, 2.45) is 5.92 Å². The van der Waals surface area contributed by atoms with Gasteiger partial charge in [0.2, 0.25) is 11.9 Å². The first-order valence-corrected chi connectivity index (χ1v) is 10.0. The highest BCUT2D eigenvalue weighted by atomic mass is 16.1. The first kappa shape index (κ1) is 19.3. The third-order valence-corrected chi connectivity index (χ3v) is 5.16. The van der Waals surface area contributed by atoms with Crippen molar-refractivity contribution in [3.8, 4) is 0 Å². The molecular weight excluding hydrogens is 336 g/mol. The normalized spacial score (nSPS) is 15.0. The third-order valence-electron chi connectivity index (χ3n) is 5.16. The molecule has 1 saturated heterocycles. The number of hydrogen-bond acceptors (Lipinski definition) is 4. The van der Waals surface area contributed by atoms with E-state index in [1.165, 1.54) is 18.4 Å². The molecule has 1 aromatic heterocycles. The summed E-state index contributed by atoms with van der Waals surface area (Å²) in [7, 11) is 0. The number of unbranched alkanes of at least 4 members (excludes halogenated alkanes) is 1. The minimum atomic E-state index is 0.0481. The molecule has 2 aromatic rings. The number of hydrogen-bond donors (Lipinski definition) is 1. The van der Waals surface area contributed by atoms with Crippen LogP contribution >= 0.6 is 0 Å². The predicted octanol–water partition coefficient (Wildman–Crippen LogP) is 4.29. The van der Waals surface area contributed by atoms with Gasteiger partial charge in [0.1, 0.15) is 0 Å². The van der Waals surface area contributed by atoms with Gasteiger partial charge in [0.15, 0.2) is 0 Å². The number of aryl methyl sites for hydroxylation is 3. The van der Waals surface area contributed by atoms with Crippen LogP contribution in [-0.4, -0.2) is 29.0 Å². The number of rotatable bonds is 6. The predicted molar refractivity (Wildman–Crippen MR) is 110 cm³/mol. The summed E-state index contributed by atoms with van der Waals surface area (Å²) >= 11 is 0. The van der Waals surface area contributed by atoms with Crippen molar-refractivity contribution in [2.45, 2.75) is 52.9 Å². The van der Waals surface area contributed by atoms with Crippen molar-refractivity contribution < 1.29 is 4.79 Å². The fourth-order valence-corrected chi connectivity index (χ4v) is 3.57. The lowest BCUT2D eigenvalue weighted by molar-refractivity contribution is -0.120. The van der Waals surface area contributed by atoms with E-state index >= 15 is 0 Å². The number of carbonyl (C=O) groups excluding carboxylic acids is 1. The second kappa shape index (κ2) is 8.98.